The van der Waals surface area contributed by atoms with Crippen molar-refractivity contribution in [2.45, 2.75) is 89.7 Å². The van der Waals surface area contributed by atoms with Gasteiger partial charge >= 0.3 is 0 Å². The van der Waals surface area contributed by atoms with Gasteiger partial charge in [0.15, 0.2) is 0 Å². The monoisotopic (exact) mass is 385 g/mol. The summed E-state index contributed by atoms with van der Waals surface area (Å²) in [5, 5.41) is 10.5. The third-order valence-corrected chi connectivity index (χ3v) is 7.83. The topological polar surface area (TPSA) is 32.7 Å². The molecule has 0 heterocycles. The molecule has 0 aromatic heterocycles. The van der Waals surface area contributed by atoms with Gasteiger partial charge in [0.1, 0.15) is 0 Å². The molecule has 5 rings (SSSR count). The molecule has 0 aromatic carbocycles. The van der Waals surface area contributed by atoms with E-state index in [-0.39, 0.29) is 18.5 Å². The van der Waals surface area contributed by atoms with Crippen LogP contribution in [0.2, 0.25) is 0 Å². The molecular formula is C22H40ClNO2. The van der Waals surface area contributed by atoms with Crippen molar-refractivity contribution in [3.63, 3.8) is 0 Å². The van der Waals surface area contributed by atoms with Crippen molar-refractivity contribution >= 4 is 12.4 Å². The second-order valence-corrected chi connectivity index (χ2v) is 9.97. The molecule has 5 saturated carbocycles. The first-order chi connectivity index (χ1) is 12.2. The van der Waals surface area contributed by atoms with Crippen LogP contribution in [0, 0.1) is 23.2 Å². The third kappa shape index (κ3) is 4.77. The molecule has 0 aliphatic heterocycles. The molecular weight excluding hydrogens is 346 g/mol. The second-order valence-electron chi connectivity index (χ2n) is 9.97. The number of hydrogen-bond donors (Lipinski definition) is 1. The third-order valence-electron chi connectivity index (χ3n) is 7.83. The summed E-state index contributed by atoms with van der Waals surface area (Å²) in [6, 6.07) is 0.691. The molecule has 26 heavy (non-hydrogen) atoms. The Morgan fingerprint density at radius 2 is 1.58 bits per heavy atom. The van der Waals surface area contributed by atoms with Gasteiger partial charge in [0, 0.05) is 12.6 Å². The SMILES string of the molecule is CCN(CC(O)COCC12CC3CC(CC(C3)C1)C2)C1CCCCC1.Cl. The van der Waals surface area contributed by atoms with Crippen molar-refractivity contribution in [2.24, 2.45) is 23.2 Å². The van der Waals surface area contributed by atoms with Gasteiger partial charge in [0.2, 0.25) is 0 Å². The fraction of sp³-hybridized carbons (Fsp3) is 1.00. The van der Waals surface area contributed by atoms with Gasteiger partial charge in [-0.15, -0.1) is 12.4 Å². The lowest BCUT2D eigenvalue weighted by atomic mass is 9.50. The Morgan fingerprint density at radius 3 is 2.12 bits per heavy atom. The van der Waals surface area contributed by atoms with Crippen LogP contribution in [-0.4, -0.2) is 48.5 Å². The molecule has 1 atom stereocenters. The molecule has 1 unspecified atom stereocenters. The highest BCUT2D eigenvalue weighted by Gasteiger charge is 2.50. The van der Waals surface area contributed by atoms with Gasteiger partial charge in [-0.25, -0.2) is 0 Å². The molecule has 0 amide bonds. The standard InChI is InChI=1S/C22H39NO2.ClH/c1-2-23(20-6-4-3-5-7-20)14-21(24)15-25-16-22-11-17-8-18(12-22)10-19(9-17)13-22;/h17-21,24H,2-16H2,1H3;1H. The summed E-state index contributed by atoms with van der Waals surface area (Å²) in [7, 11) is 0. The molecule has 5 fully saturated rings. The van der Waals surface area contributed by atoms with Crippen LogP contribution in [0.3, 0.4) is 0 Å². The van der Waals surface area contributed by atoms with Gasteiger partial charge in [0.25, 0.3) is 0 Å². The number of aliphatic hydroxyl groups excluding tert-OH is 1. The van der Waals surface area contributed by atoms with Gasteiger partial charge in [-0.05, 0) is 81.1 Å². The maximum Gasteiger partial charge on any atom is 0.0900 e. The molecule has 0 radical (unpaired) electrons. The Kier molecular flexibility index (Phi) is 7.32. The van der Waals surface area contributed by atoms with E-state index in [4.69, 9.17) is 4.74 Å². The van der Waals surface area contributed by atoms with Crippen molar-refractivity contribution in [2.75, 3.05) is 26.3 Å². The molecule has 5 aliphatic rings. The Morgan fingerprint density at radius 1 is 1.00 bits per heavy atom. The van der Waals surface area contributed by atoms with E-state index in [1.165, 1.54) is 70.6 Å². The molecule has 5 aliphatic carbocycles. The van der Waals surface area contributed by atoms with Crippen molar-refractivity contribution in [1.29, 1.82) is 0 Å². The molecule has 4 bridgehead atoms. The van der Waals surface area contributed by atoms with E-state index in [1.54, 1.807) is 0 Å². The zero-order chi connectivity index (χ0) is 17.3. The van der Waals surface area contributed by atoms with Crippen LogP contribution in [0.4, 0.5) is 0 Å². The van der Waals surface area contributed by atoms with E-state index in [0.29, 0.717) is 18.1 Å². The lowest BCUT2D eigenvalue weighted by molar-refractivity contribution is -0.107. The predicted molar refractivity (Wildman–Crippen MR) is 109 cm³/mol. The zero-order valence-electron chi connectivity index (χ0n) is 16.7. The minimum atomic E-state index is -0.323. The number of halogens is 1. The molecule has 0 aromatic rings. The Balaban J connectivity index is 0.00000196. The molecule has 4 heteroatoms. The quantitative estimate of drug-likeness (QED) is 0.659. The molecule has 1 N–H and O–H groups in total. The van der Waals surface area contributed by atoms with Crippen LogP contribution < -0.4 is 0 Å². The van der Waals surface area contributed by atoms with Crippen LogP contribution in [0.25, 0.3) is 0 Å². The Labute approximate surface area is 166 Å². The number of nitrogens with zero attached hydrogens (tertiary/aromatic N) is 1. The summed E-state index contributed by atoms with van der Waals surface area (Å²) >= 11 is 0. The highest BCUT2D eigenvalue weighted by molar-refractivity contribution is 5.85. The van der Waals surface area contributed by atoms with Gasteiger partial charge in [0.05, 0.1) is 19.3 Å². The first-order valence-electron chi connectivity index (χ1n) is 11.2. The average Bonchev–Trinajstić information content (AvgIpc) is 2.59. The number of aliphatic hydroxyl groups is 1. The summed E-state index contributed by atoms with van der Waals surface area (Å²) in [5.74, 6) is 2.96. The maximum absolute atomic E-state index is 10.5. The Bertz CT molecular complexity index is 403. The van der Waals surface area contributed by atoms with Crippen molar-refractivity contribution in [3.8, 4) is 0 Å². The summed E-state index contributed by atoms with van der Waals surface area (Å²) in [6.45, 7) is 5.52. The van der Waals surface area contributed by atoms with Gasteiger partial charge in [-0.3, -0.25) is 4.90 Å². The minimum Gasteiger partial charge on any atom is -0.389 e. The number of rotatable bonds is 8. The van der Waals surface area contributed by atoms with E-state index in [0.717, 1.165) is 37.5 Å². The van der Waals surface area contributed by atoms with Crippen LogP contribution in [0.15, 0.2) is 0 Å². The summed E-state index contributed by atoms with van der Waals surface area (Å²) in [5.41, 5.74) is 0.474. The normalized spacial score (nSPS) is 37.7. The summed E-state index contributed by atoms with van der Waals surface area (Å²) in [4.78, 5) is 2.50. The van der Waals surface area contributed by atoms with Gasteiger partial charge in [-0.1, -0.05) is 26.2 Å². The van der Waals surface area contributed by atoms with Crippen LogP contribution in [-0.2, 0) is 4.74 Å². The van der Waals surface area contributed by atoms with E-state index in [2.05, 4.69) is 11.8 Å². The first-order valence-corrected chi connectivity index (χ1v) is 11.2. The van der Waals surface area contributed by atoms with Crippen LogP contribution in [0.1, 0.15) is 77.6 Å². The number of ether oxygens (including phenoxy) is 1. The first kappa shape index (κ1) is 20.9. The van der Waals surface area contributed by atoms with E-state index in [9.17, 15) is 5.11 Å². The summed E-state index contributed by atoms with van der Waals surface area (Å²) in [6.07, 6.45) is 15.1. The fourth-order valence-corrected chi connectivity index (χ4v) is 7.18. The number of hydrogen-bond acceptors (Lipinski definition) is 3. The largest absolute Gasteiger partial charge is 0.389 e. The van der Waals surface area contributed by atoms with E-state index < -0.39 is 0 Å². The predicted octanol–water partition coefficient (Wildman–Crippen LogP) is 4.66. The van der Waals surface area contributed by atoms with E-state index in [1.807, 2.05) is 0 Å². The lowest BCUT2D eigenvalue weighted by Crippen LogP contribution is -2.48. The maximum atomic E-state index is 10.5. The van der Waals surface area contributed by atoms with Gasteiger partial charge in [-0.2, -0.15) is 0 Å². The van der Waals surface area contributed by atoms with Crippen molar-refractivity contribution < 1.29 is 9.84 Å². The Hall–Kier alpha value is 0.170. The van der Waals surface area contributed by atoms with Crippen LogP contribution >= 0.6 is 12.4 Å². The summed E-state index contributed by atoms with van der Waals surface area (Å²) < 4.78 is 6.14. The zero-order valence-corrected chi connectivity index (χ0v) is 17.5. The molecule has 3 nitrogen and oxygen atoms in total. The van der Waals surface area contributed by atoms with Crippen molar-refractivity contribution in [1.82, 2.24) is 4.90 Å². The fourth-order valence-electron chi connectivity index (χ4n) is 7.18. The number of likely N-dealkylation sites (N-methyl/N-ethyl adjacent to an activating group) is 1. The minimum absolute atomic E-state index is 0. The second kappa shape index (κ2) is 9.11. The van der Waals surface area contributed by atoms with Crippen LogP contribution in [0.5, 0.6) is 0 Å². The van der Waals surface area contributed by atoms with E-state index >= 15 is 0 Å². The smallest absolute Gasteiger partial charge is 0.0900 e. The molecule has 0 saturated heterocycles. The highest BCUT2D eigenvalue weighted by Crippen LogP contribution is 2.60. The highest BCUT2D eigenvalue weighted by atomic mass is 35.5. The molecule has 152 valence electrons. The van der Waals surface area contributed by atoms with Crippen molar-refractivity contribution in [3.05, 3.63) is 0 Å². The molecule has 0 spiro atoms. The average molecular weight is 386 g/mol. The van der Waals surface area contributed by atoms with Gasteiger partial charge < -0.3 is 9.84 Å². The lowest BCUT2D eigenvalue weighted by Gasteiger charge is -2.56.